The summed E-state index contributed by atoms with van der Waals surface area (Å²) < 4.78 is 0. The van der Waals surface area contributed by atoms with Crippen LogP contribution in [0.1, 0.15) is 35.6 Å². The van der Waals surface area contributed by atoms with Crippen molar-refractivity contribution >= 4 is 0 Å². The smallest absolute Gasteiger partial charge is 0.112 e. The zero-order valence-corrected chi connectivity index (χ0v) is 8.51. The normalized spacial score (nSPS) is 22.2. The number of quaternary nitrogens is 1. The van der Waals surface area contributed by atoms with E-state index >= 15 is 0 Å². The van der Waals surface area contributed by atoms with Crippen LogP contribution in [-0.4, -0.2) is 6.54 Å². The molecule has 70 valence electrons. The summed E-state index contributed by atoms with van der Waals surface area (Å²) >= 11 is 0. The molecule has 0 spiro atoms. The molecule has 0 saturated carbocycles. The molecular weight excluding hydrogens is 158 g/mol. The Balaban J connectivity index is 2.29. The summed E-state index contributed by atoms with van der Waals surface area (Å²) in [7, 11) is 0. The van der Waals surface area contributed by atoms with E-state index in [1.807, 2.05) is 0 Å². The molecule has 1 aromatic rings. The minimum Gasteiger partial charge on any atom is -0.340 e. The standard InChI is InChI=1S/C12H17N/c1-9-5-6-11(10(2)8-9)12-4-3-7-13-12/h5-6,8,12-13H,3-4,7H2,1-2H3/p+1/t12-/m1/s1. The average Bonchev–Trinajstić information content (AvgIpc) is 2.56. The van der Waals surface area contributed by atoms with Crippen molar-refractivity contribution in [3.63, 3.8) is 0 Å². The van der Waals surface area contributed by atoms with Gasteiger partial charge in [-0.3, -0.25) is 0 Å². The highest BCUT2D eigenvalue weighted by molar-refractivity contribution is 5.31. The molecule has 0 bridgehead atoms. The fourth-order valence-electron chi connectivity index (χ4n) is 2.30. The van der Waals surface area contributed by atoms with Gasteiger partial charge in [-0.15, -0.1) is 0 Å². The Morgan fingerprint density at radius 1 is 1.31 bits per heavy atom. The van der Waals surface area contributed by atoms with Gasteiger partial charge in [-0.25, -0.2) is 0 Å². The van der Waals surface area contributed by atoms with Crippen LogP contribution in [0.5, 0.6) is 0 Å². The Bertz CT molecular complexity index is 298. The predicted molar refractivity (Wildman–Crippen MR) is 54.7 cm³/mol. The second-order valence-electron chi connectivity index (χ2n) is 4.13. The number of benzene rings is 1. The lowest BCUT2D eigenvalue weighted by Crippen LogP contribution is -2.81. The van der Waals surface area contributed by atoms with E-state index in [1.54, 1.807) is 5.56 Å². The Hall–Kier alpha value is -0.820. The molecule has 1 heterocycles. The summed E-state index contributed by atoms with van der Waals surface area (Å²) in [5.74, 6) is 0. The third-order valence-electron chi connectivity index (χ3n) is 3.00. The van der Waals surface area contributed by atoms with E-state index in [-0.39, 0.29) is 0 Å². The van der Waals surface area contributed by atoms with Gasteiger partial charge in [0.1, 0.15) is 6.04 Å². The van der Waals surface area contributed by atoms with E-state index in [0.717, 1.165) is 6.04 Å². The third kappa shape index (κ3) is 1.75. The number of hydrogen-bond donors (Lipinski definition) is 1. The van der Waals surface area contributed by atoms with Crippen LogP contribution in [0, 0.1) is 13.8 Å². The van der Waals surface area contributed by atoms with Gasteiger partial charge in [0.05, 0.1) is 6.54 Å². The van der Waals surface area contributed by atoms with E-state index in [2.05, 4.69) is 37.4 Å². The molecule has 1 aliphatic rings. The molecule has 2 N–H and O–H groups in total. The largest absolute Gasteiger partial charge is 0.340 e. The van der Waals surface area contributed by atoms with Crippen LogP contribution in [0.4, 0.5) is 0 Å². The molecular formula is C12H18N+. The SMILES string of the molecule is Cc1ccc([C@H]2CCC[NH2+]2)c(C)c1. The molecule has 0 amide bonds. The van der Waals surface area contributed by atoms with Crippen LogP contribution >= 0.6 is 0 Å². The number of aryl methyl sites for hydroxylation is 2. The molecule has 1 aliphatic heterocycles. The molecule has 13 heavy (non-hydrogen) atoms. The first kappa shape index (κ1) is 8.76. The fourth-order valence-corrected chi connectivity index (χ4v) is 2.30. The van der Waals surface area contributed by atoms with Gasteiger partial charge in [0.25, 0.3) is 0 Å². The van der Waals surface area contributed by atoms with Crippen LogP contribution in [0.2, 0.25) is 0 Å². The second kappa shape index (κ2) is 3.51. The lowest BCUT2D eigenvalue weighted by molar-refractivity contribution is -0.676. The van der Waals surface area contributed by atoms with Gasteiger partial charge in [-0.2, -0.15) is 0 Å². The van der Waals surface area contributed by atoms with Gasteiger partial charge in [0.2, 0.25) is 0 Å². The molecule has 0 radical (unpaired) electrons. The molecule has 1 atom stereocenters. The Kier molecular flexibility index (Phi) is 2.36. The molecule has 1 heteroatoms. The Morgan fingerprint density at radius 3 is 2.77 bits per heavy atom. The molecule has 1 saturated heterocycles. The second-order valence-corrected chi connectivity index (χ2v) is 4.13. The monoisotopic (exact) mass is 176 g/mol. The van der Waals surface area contributed by atoms with E-state index in [0.29, 0.717) is 0 Å². The van der Waals surface area contributed by atoms with Crippen molar-refractivity contribution < 1.29 is 5.32 Å². The first-order chi connectivity index (χ1) is 6.27. The molecule has 1 nitrogen and oxygen atoms in total. The number of hydrogen-bond acceptors (Lipinski definition) is 0. The molecule has 1 fully saturated rings. The van der Waals surface area contributed by atoms with Gasteiger partial charge in [-0.05, 0) is 19.4 Å². The van der Waals surface area contributed by atoms with Crippen molar-refractivity contribution in [1.29, 1.82) is 0 Å². The molecule has 0 aliphatic carbocycles. The summed E-state index contributed by atoms with van der Waals surface area (Å²) in [6.07, 6.45) is 2.72. The summed E-state index contributed by atoms with van der Waals surface area (Å²) in [5, 5.41) is 2.47. The Morgan fingerprint density at radius 2 is 2.15 bits per heavy atom. The Labute approximate surface area is 80.2 Å². The van der Waals surface area contributed by atoms with Crippen LogP contribution in [0.3, 0.4) is 0 Å². The fraction of sp³-hybridized carbons (Fsp3) is 0.500. The summed E-state index contributed by atoms with van der Waals surface area (Å²) in [6.45, 7) is 5.70. The van der Waals surface area contributed by atoms with Crippen molar-refractivity contribution in [3.05, 3.63) is 34.9 Å². The quantitative estimate of drug-likeness (QED) is 0.670. The highest BCUT2D eigenvalue weighted by Gasteiger charge is 2.21. The lowest BCUT2D eigenvalue weighted by Gasteiger charge is -2.11. The molecule has 1 aromatic carbocycles. The van der Waals surface area contributed by atoms with Gasteiger partial charge in [0.15, 0.2) is 0 Å². The number of rotatable bonds is 1. The van der Waals surface area contributed by atoms with Crippen LogP contribution in [0.15, 0.2) is 18.2 Å². The topological polar surface area (TPSA) is 16.6 Å². The molecule has 0 unspecified atom stereocenters. The van der Waals surface area contributed by atoms with Crippen molar-refractivity contribution in [2.24, 2.45) is 0 Å². The summed E-state index contributed by atoms with van der Waals surface area (Å²) in [5.41, 5.74) is 4.38. The first-order valence-electron chi connectivity index (χ1n) is 5.18. The maximum atomic E-state index is 2.47. The minimum atomic E-state index is 0.737. The van der Waals surface area contributed by atoms with Gasteiger partial charge < -0.3 is 5.32 Å². The highest BCUT2D eigenvalue weighted by atomic mass is 14.9. The van der Waals surface area contributed by atoms with Crippen molar-refractivity contribution in [2.75, 3.05) is 6.54 Å². The van der Waals surface area contributed by atoms with E-state index in [4.69, 9.17) is 0 Å². The van der Waals surface area contributed by atoms with Crippen molar-refractivity contribution in [3.8, 4) is 0 Å². The van der Waals surface area contributed by atoms with E-state index in [1.165, 1.54) is 30.5 Å². The van der Waals surface area contributed by atoms with Crippen molar-refractivity contribution in [1.82, 2.24) is 0 Å². The third-order valence-corrected chi connectivity index (χ3v) is 3.00. The van der Waals surface area contributed by atoms with Crippen LogP contribution in [0.25, 0.3) is 0 Å². The van der Waals surface area contributed by atoms with Crippen molar-refractivity contribution in [2.45, 2.75) is 32.7 Å². The first-order valence-corrected chi connectivity index (χ1v) is 5.18. The molecule has 0 aromatic heterocycles. The average molecular weight is 176 g/mol. The van der Waals surface area contributed by atoms with Crippen LogP contribution < -0.4 is 5.32 Å². The van der Waals surface area contributed by atoms with Gasteiger partial charge in [-0.1, -0.05) is 23.8 Å². The maximum absolute atomic E-state index is 2.47. The van der Waals surface area contributed by atoms with Gasteiger partial charge >= 0.3 is 0 Å². The maximum Gasteiger partial charge on any atom is 0.112 e. The zero-order chi connectivity index (χ0) is 9.26. The zero-order valence-electron chi connectivity index (χ0n) is 8.51. The van der Waals surface area contributed by atoms with Gasteiger partial charge in [0, 0.05) is 18.4 Å². The summed E-state index contributed by atoms with van der Waals surface area (Å²) in [6, 6.07) is 7.56. The van der Waals surface area contributed by atoms with Crippen LogP contribution in [-0.2, 0) is 0 Å². The molecule has 2 rings (SSSR count). The van der Waals surface area contributed by atoms with E-state index in [9.17, 15) is 0 Å². The predicted octanol–water partition coefficient (Wildman–Crippen LogP) is 1.70. The number of nitrogens with two attached hydrogens (primary N) is 1. The minimum absolute atomic E-state index is 0.737. The lowest BCUT2D eigenvalue weighted by atomic mass is 9.98. The van der Waals surface area contributed by atoms with E-state index < -0.39 is 0 Å². The summed E-state index contributed by atoms with van der Waals surface area (Å²) in [4.78, 5) is 0. The highest BCUT2D eigenvalue weighted by Crippen LogP contribution is 2.21.